The quantitative estimate of drug-likeness (QED) is 0.768. The van der Waals surface area contributed by atoms with Gasteiger partial charge in [-0.15, -0.1) is 23.7 Å². The van der Waals surface area contributed by atoms with Crippen LogP contribution in [0.2, 0.25) is 0 Å². The van der Waals surface area contributed by atoms with Crippen molar-refractivity contribution in [1.29, 1.82) is 0 Å². The van der Waals surface area contributed by atoms with E-state index in [9.17, 15) is 4.79 Å². The SMILES string of the molecule is CNC(=O)c1cc(Oc2ccc3cc(N)sc3c2)ccn1.Cl. The van der Waals surface area contributed by atoms with Crippen LogP contribution < -0.4 is 15.8 Å². The number of hydrogen-bond donors (Lipinski definition) is 2. The normalized spacial score (nSPS) is 10.0. The molecule has 2 heterocycles. The molecule has 0 saturated carbocycles. The minimum absolute atomic E-state index is 0. The third-order valence-corrected chi connectivity index (χ3v) is 3.86. The van der Waals surface area contributed by atoms with E-state index in [1.165, 1.54) is 11.3 Å². The van der Waals surface area contributed by atoms with Crippen LogP contribution in [0.1, 0.15) is 10.5 Å². The number of nitrogen functional groups attached to an aromatic ring is 1. The first-order chi connectivity index (χ1) is 10.2. The summed E-state index contributed by atoms with van der Waals surface area (Å²) in [5, 5.41) is 4.39. The molecule has 3 N–H and O–H groups in total. The van der Waals surface area contributed by atoms with E-state index in [1.54, 1.807) is 25.4 Å². The molecule has 1 amide bonds. The molecule has 0 fully saturated rings. The van der Waals surface area contributed by atoms with Gasteiger partial charge in [0, 0.05) is 24.0 Å². The maximum atomic E-state index is 11.6. The lowest BCUT2D eigenvalue weighted by Gasteiger charge is -2.06. The van der Waals surface area contributed by atoms with Gasteiger partial charge in [0.1, 0.15) is 17.2 Å². The number of fused-ring (bicyclic) bond motifs is 1. The zero-order valence-electron chi connectivity index (χ0n) is 11.7. The highest BCUT2D eigenvalue weighted by Crippen LogP contribution is 2.32. The molecule has 0 saturated heterocycles. The van der Waals surface area contributed by atoms with Crippen molar-refractivity contribution in [3.63, 3.8) is 0 Å². The molecule has 7 heteroatoms. The molecule has 3 rings (SSSR count). The van der Waals surface area contributed by atoms with Gasteiger partial charge in [0.25, 0.3) is 5.91 Å². The third kappa shape index (κ3) is 3.29. The molecule has 1 aromatic carbocycles. The van der Waals surface area contributed by atoms with Gasteiger partial charge in [-0.2, -0.15) is 0 Å². The summed E-state index contributed by atoms with van der Waals surface area (Å²) in [6.45, 7) is 0. The number of carbonyl (C=O) groups excluding carboxylic acids is 1. The fraction of sp³-hybridized carbons (Fsp3) is 0.0667. The summed E-state index contributed by atoms with van der Waals surface area (Å²) in [7, 11) is 1.56. The van der Waals surface area contributed by atoms with E-state index < -0.39 is 0 Å². The molecular formula is C15H14ClN3O2S. The number of rotatable bonds is 3. The maximum Gasteiger partial charge on any atom is 0.269 e. The fourth-order valence-corrected chi connectivity index (χ4v) is 2.82. The van der Waals surface area contributed by atoms with E-state index in [0.29, 0.717) is 17.2 Å². The van der Waals surface area contributed by atoms with E-state index in [0.717, 1.165) is 15.1 Å². The van der Waals surface area contributed by atoms with Gasteiger partial charge in [0.05, 0.1) is 5.00 Å². The van der Waals surface area contributed by atoms with Crippen LogP contribution in [-0.2, 0) is 0 Å². The topological polar surface area (TPSA) is 77.2 Å². The third-order valence-electron chi connectivity index (χ3n) is 2.94. The van der Waals surface area contributed by atoms with Gasteiger partial charge < -0.3 is 15.8 Å². The molecule has 22 heavy (non-hydrogen) atoms. The Labute approximate surface area is 137 Å². The standard InChI is InChI=1S/C15H13N3O2S.ClH/c1-17-15(19)12-7-11(4-5-18-12)20-10-3-2-9-6-14(16)21-13(9)8-10;/h2-8H,16H2,1H3,(H,17,19);1H. The van der Waals surface area contributed by atoms with Gasteiger partial charge in [-0.3, -0.25) is 9.78 Å². The highest BCUT2D eigenvalue weighted by atomic mass is 35.5. The van der Waals surface area contributed by atoms with Crippen LogP contribution in [0.3, 0.4) is 0 Å². The molecule has 5 nitrogen and oxygen atoms in total. The Kier molecular flexibility index (Phi) is 4.85. The summed E-state index contributed by atoms with van der Waals surface area (Å²) in [6.07, 6.45) is 1.54. The van der Waals surface area contributed by atoms with Gasteiger partial charge in [0.15, 0.2) is 0 Å². The smallest absolute Gasteiger partial charge is 0.269 e. The number of nitrogens with one attached hydrogen (secondary N) is 1. The van der Waals surface area contributed by atoms with Crippen LogP contribution >= 0.6 is 23.7 Å². The number of anilines is 1. The van der Waals surface area contributed by atoms with Crippen molar-refractivity contribution in [3.8, 4) is 11.5 Å². The monoisotopic (exact) mass is 335 g/mol. The number of thiophene rings is 1. The second kappa shape index (κ2) is 6.64. The molecule has 2 aromatic heterocycles. The van der Waals surface area contributed by atoms with Crippen molar-refractivity contribution in [2.75, 3.05) is 12.8 Å². The van der Waals surface area contributed by atoms with Crippen molar-refractivity contribution < 1.29 is 9.53 Å². The molecule has 0 aliphatic carbocycles. The summed E-state index contributed by atoms with van der Waals surface area (Å²) < 4.78 is 6.84. The molecule has 0 spiro atoms. The number of amides is 1. The van der Waals surface area contributed by atoms with Crippen LogP contribution in [-0.4, -0.2) is 17.9 Å². The number of benzene rings is 1. The summed E-state index contributed by atoms with van der Waals surface area (Å²) in [4.78, 5) is 15.6. The van der Waals surface area contributed by atoms with Gasteiger partial charge >= 0.3 is 0 Å². The number of pyridine rings is 1. The van der Waals surface area contributed by atoms with Crippen molar-refractivity contribution in [1.82, 2.24) is 10.3 Å². The molecule has 0 unspecified atom stereocenters. The average Bonchev–Trinajstić information content (AvgIpc) is 2.86. The summed E-state index contributed by atoms with van der Waals surface area (Å²) in [6, 6.07) is 11.0. The van der Waals surface area contributed by atoms with E-state index in [-0.39, 0.29) is 18.3 Å². The van der Waals surface area contributed by atoms with Gasteiger partial charge in [-0.25, -0.2) is 0 Å². The highest BCUT2D eigenvalue weighted by molar-refractivity contribution is 7.22. The Hall–Kier alpha value is -2.31. The van der Waals surface area contributed by atoms with Crippen molar-refractivity contribution in [2.45, 2.75) is 0 Å². The molecule has 114 valence electrons. The largest absolute Gasteiger partial charge is 0.457 e. The first-order valence-electron chi connectivity index (χ1n) is 6.31. The molecule has 0 radical (unpaired) electrons. The predicted octanol–water partition coefficient (Wildman–Crippen LogP) is 3.45. The lowest BCUT2D eigenvalue weighted by molar-refractivity contribution is 0.0958. The molecule has 0 aliphatic heterocycles. The van der Waals surface area contributed by atoms with Crippen LogP contribution in [0.25, 0.3) is 10.1 Å². The molecular weight excluding hydrogens is 322 g/mol. The number of carbonyl (C=O) groups is 1. The lowest BCUT2D eigenvalue weighted by Crippen LogP contribution is -2.18. The Morgan fingerprint density at radius 2 is 2.00 bits per heavy atom. The van der Waals surface area contributed by atoms with Gasteiger partial charge in [-0.1, -0.05) is 0 Å². The fourth-order valence-electron chi connectivity index (χ4n) is 1.96. The number of aromatic nitrogens is 1. The Balaban J connectivity index is 0.00000176. The van der Waals surface area contributed by atoms with Gasteiger partial charge in [0.2, 0.25) is 0 Å². The summed E-state index contributed by atoms with van der Waals surface area (Å²) in [5.74, 6) is 1.01. The van der Waals surface area contributed by atoms with Crippen LogP contribution in [0.4, 0.5) is 5.00 Å². The Morgan fingerprint density at radius 1 is 1.23 bits per heavy atom. The number of nitrogens with zero attached hydrogens (tertiary/aromatic N) is 1. The summed E-state index contributed by atoms with van der Waals surface area (Å²) >= 11 is 1.51. The zero-order chi connectivity index (χ0) is 14.8. The second-order valence-corrected chi connectivity index (χ2v) is 5.52. The average molecular weight is 336 g/mol. The minimum Gasteiger partial charge on any atom is -0.457 e. The lowest BCUT2D eigenvalue weighted by atomic mass is 10.2. The summed E-state index contributed by atoms with van der Waals surface area (Å²) in [5.41, 5.74) is 6.10. The molecule has 0 bridgehead atoms. The second-order valence-electron chi connectivity index (χ2n) is 4.41. The van der Waals surface area contributed by atoms with Crippen molar-refractivity contribution >= 4 is 44.7 Å². The minimum atomic E-state index is -0.248. The molecule has 0 atom stereocenters. The Morgan fingerprint density at radius 3 is 2.77 bits per heavy atom. The number of ether oxygens (including phenoxy) is 1. The molecule has 3 aromatic rings. The van der Waals surface area contributed by atoms with Crippen LogP contribution in [0.15, 0.2) is 42.6 Å². The van der Waals surface area contributed by atoms with Gasteiger partial charge in [-0.05, 0) is 35.7 Å². The van der Waals surface area contributed by atoms with E-state index in [4.69, 9.17) is 10.5 Å². The van der Waals surface area contributed by atoms with E-state index in [1.807, 2.05) is 24.3 Å². The van der Waals surface area contributed by atoms with Crippen molar-refractivity contribution in [3.05, 3.63) is 48.3 Å². The predicted molar refractivity (Wildman–Crippen MR) is 91.2 cm³/mol. The highest BCUT2D eigenvalue weighted by Gasteiger charge is 2.07. The zero-order valence-corrected chi connectivity index (χ0v) is 13.3. The number of hydrogen-bond acceptors (Lipinski definition) is 5. The Bertz CT molecular complexity index is 819. The number of nitrogens with two attached hydrogens (primary N) is 1. The van der Waals surface area contributed by atoms with Crippen molar-refractivity contribution in [2.24, 2.45) is 0 Å². The van der Waals surface area contributed by atoms with Crippen LogP contribution in [0, 0.1) is 0 Å². The van der Waals surface area contributed by atoms with E-state index >= 15 is 0 Å². The maximum absolute atomic E-state index is 11.6. The first kappa shape index (κ1) is 16.1. The van der Waals surface area contributed by atoms with Crippen LogP contribution in [0.5, 0.6) is 11.5 Å². The molecule has 0 aliphatic rings. The first-order valence-corrected chi connectivity index (χ1v) is 7.12. The number of halogens is 1. The van der Waals surface area contributed by atoms with E-state index in [2.05, 4.69) is 10.3 Å².